The normalized spacial score (nSPS) is 14.6. The topological polar surface area (TPSA) is 88.2 Å². The number of amides is 1. The van der Waals surface area contributed by atoms with Gasteiger partial charge in [0.25, 0.3) is 0 Å². The van der Waals surface area contributed by atoms with E-state index in [9.17, 15) is 9.90 Å². The van der Waals surface area contributed by atoms with Crippen LogP contribution in [0.5, 0.6) is 0 Å². The van der Waals surface area contributed by atoms with Gasteiger partial charge in [-0.25, -0.2) is 0 Å². The monoisotopic (exact) mass is 329 g/mol. The second-order valence-electron chi connectivity index (χ2n) is 6.43. The first kappa shape index (κ1) is 19.0. The van der Waals surface area contributed by atoms with Crippen LogP contribution in [0.25, 0.3) is 0 Å². The summed E-state index contributed by atoms with van der Waals surface area (Å²) < 4.78 is 5.20. The van der Waals surface area contributed by atoms with Gasteiger partial charge < -0.3 is 14.9 Å². The van der Waals surface area contributed by atoms with Crippen LogP contribution in [-0.2, 0) is 16.6 Å². The van der Waals surface area contributed by atoms with Crippen molar-refractivity contribution in [2.75, 3.05) is 12.9 Å². The number of aliphatic hydroxyl groups excluding tert-OH is 1. The Morgan fingerprint density at radius 1 is 1.45 bits per heavy atom. The minimum absolute atomic E-state index is 0.0180. The molecule has 0 fully saturated rings. The van der Waals surface area contributed by atoms with Crippen molar-refractivity contribution in [1.29, 1.82) is 0 Å². The quantitative estimate of drug-likeness (QED) is 0.757. The van der Waals surface area contributed by atoms with Gasteiger partial charge in [-0.2, -0.15) is 16.7 Å². The summed E-state index contributed by atoms with van der Waals surface area (Å²) in [6, 6.07) is -0.0524. The fourth-order valence-corrected chi connectivity index (χ4v) is 2.54. The summed E-state index contributed by atoms with van der Waals surface area (Å²) in [5, 5.41) is 16.1. The molecule has 126 valence electrons. The summed E-state index contributed by atoms with van der Waals surface area (Å²) in [7, 11) is 0. The van der Waals surface area contributed by atoms with Crippen molar-refractivity contribution in [3.05, 3.63) is 11.7 Å². The van der Waals surface area contributed by atoms with Crippen LogP contribution < -0.4 is 5.32 Å². The highest BCUT2D eigenvalue weighted by molar-refractivity contribution is 7.99. The molecule has 0 radical (unpaired) electrons. The Labute approximate surface area is 136 Å². The lowest BCUT2D eigenvalue weighted by molar-refractivity contribution is -0.121. The van der Waals surface area contributed by atoms with E-state index in [1.165, 1.54) is 0 Å². The highest BCUT2D eigenvalue weighted by Gasteiger charge is 2.21. The first-order chi connectivity index (χ1) is 10.3. The van der Waals surface area contributed by atoms with Crippen molar-refractivity contribution in [2.45, 2.75) is 63.7 Å². The first-order valence-corrected chi connectivity index (χ1v) is 8.82. The van der Waals surface area contributed by atoms with Gasteiger partial charge in [-0.05, 0) is 19.6 Å². The van der Waals surface area contributed by atoms with Gasteiger partial charge in [0.1, 0.15) is 0 Å². The molecule has 0 spiro atoms. The molecule has 0 aliphatic heterocycles. The van der Waals surface area contributed by atoms with Crippen molar-refractivity contribution >= 4 is 17.7 Å². The molecular formula is C15H27N3O3S. The molecule has 7 heteroatoms. The molecule has 1 rings (SSSR count). The summed E-state index contributed by atoms with van der Waals surface area (Å²) in [5.41, 5.74) is -0.133. The standard InChI is InChI=1S/C15H27N3O3S/c1-10(11(9-19)22-5)16-12(20)7-6-8-13-17-14(18-21-13)15(2,3)4/h10-11,19H,6-9H2,1-5H3,(H,16,20)/t10-,11+/m0/s1. The van der Waals surface area contributed by atoms with Crippen molar-refractivity contribution in [3.63, 3.8) is 0 Å². The van der Waals surface area contributed by atoms with E-state index < -0.39 is 0 Å². The Bertz CT molecular complexity index is 467. The molecule has 0 aromatic carbocycles. The van der Waals surface area contributed by atoms with E-state index in [-0.39, 0.29) is 29.2 Å². The van der Waals surface area contributed by atoms with Crippen LogP contribution in [0.1, 0.15) is 52.3 Å². The Kier molecular flexibility index (Phi) is 7.35. The number of hydrogen-bond donors (Lipinski definition) is 2. The number of nitrogens with zero attached hydrogens (tertiary/aromatic N) is 2. The van der Waals surface area contributed by atoms with E-state index in [0.29, 0.717) is 31.0 Å². The third-order valence-electron chi connectivity index (χ3n) is 3.36. The number of carbonyl (C=O) groups excluding carboxylic acids is 1. The van der Waals surface area contributed by atoms with E-state index in [2.05, 4.69) is 15.5 Å². The fraction of sp³-hybridized carbons (Fsp3) is 0.800. The Balaban J connectivity index is 2.35. The third kappa shape index (κ3) is 5.96. The van der Waals surface area contributed by atoms with Gasteiger partial charge in [0.2, 0.25) is 11.8 Å². The highest BCUT2D eigenvalue weighted by Crippen LogP contribution is 2.19. The number of aryl methyl sites for hydroxylation is 1. The molecule has 1 heterocycles. The molecule has 0 saturated carbocycles. The summed E-state index contributed by atoms with van der Waals surface area (Å²) >= 11 is 1.55. The van der Waals surface area contributed by atoms with Crippen LogP contribution in [0.3, 0.4) is 0 Å². The van der Waals surface area contributed by atoms with Gasteiger partial charge in [0.15, 0.2) is 5.82 Å². The lowest BCUT2D eigenvalue weighted by Gasteiger charge is -2.21. The summed E-state index contributed by atoms with van der Waals surface area (Å²) in [6.45, 7) is 8.04. The number of rotatable bonds is 8. The fourth-order valence-electron chi connectivity index (χ4n) is 1.92. The van der Waals surface area contributed by atoms with Crippen LogP contribution in [0.4, 0.5) is 0 Å². The lowest BCUT2D eigenvalue weighted by atomic mass is 9.96. The predicted octanol–water partition coefficient (Wildman–Crippen LogP) is 1.92. The lowest BCUT2D eigenvalue weighted by Crippen LogP contribution is -2.41. The molecule has 22 heavy (non-hydrogen) atoms. The number of nitrogens with one attached hydrogen (secondary N) is 1. The minimum atomic E-state index is -0.133. The zero-order valence-electron chi connectivity index (χ0n) is 14.0. The average molecular weight is 329 g/mol. The highest BCUT2D eigenvalue weighted by atomic mass is 32.2. The Hall–Kier alpha value is -1.08. The van der Waals surface area contributed by atoms with Crippen LogP contribution >= 0.6 is 11.8 Å². The van der Waals surface area contributed by atoms with E-state index in [1.54, 1.807) is 11.8 Å². The van der Waals surface area contributed by atoms with Gasteiger partial charge in [-0.3, -0.25) is 4.79 Å². The van der Waals surface area contributed by atoms with Crippen molar-refractivity contribution < 1.29 is 14.4 Å². The molecule has 0 aliphatic rings. The SMILES string of the molecule is CS[C@H](CO)[C@H](C)NC(=O)CCCc1nc(C(C)(C)C)no1. The smallest absolute Gasteiger partial charge is 0.226 e. The van der Waals surface area contributed by atoms with Gasteiger partial charge in [0.05, 0.1) is 6.61 Å². The molecule has 1 aromatic heterocycles. The first-order valence-electron chi connectivity index (χ1n) is 7.54. The summed E-state index contributed by atoms with van der Waals surface area (Å²) in [5.74, 6) is 1.24. The largest absolute Gasteiger partial charge is 0.395 e. The van der Waals surface area contributed by atoms with Gasteiger partial charge in [-0.15, -0.1) is 0 Å². The Morgan fingerprint density at radius 3 is 2.64 bits per heavy atom. The molecule has 0 bridgehead atoms. The molecule has 0 unspecified atom stereocenters. The van der Waals surface area contributed by atoms with Crippen LogP contribution in [0, 0.1) is 0 Å². The van der Waals surface area contributed by atoms with Crippen molar-refractivity contribution in [3.8, 4) is 0 Å². The second kappa shape index (κ2) is 8.53. The summed E-state index contributed by atoms with van der Waals surface area (Å²) in [6.07, 6.45) is 3.58. The van der Waals surface area contributed by atoms with Crippen molar-refractivity contribution in [2.24, 2.45) is 0 Å². The van der Waals surface area contributed by atoms with E-state index in [4.69, 9.17) is 4.52 Å². The molecule has 2 atom stereocenters. The summed E-state index contributed by atoms with van der Waals surface area (Å²) in [4.78, 5) is 16.2. The maximum atomic E-state index is 11.9. The molecule has 6 nitrogen and oxygen atoms in total. The maximum Gasteiger partial charge on any atom is 0.226 e. The molecular weight excluding hydrogens is 302 g/mol. The van der Waals surface area contributed by atoms with Crippen LogP contribution in [-0.4, -0.2) is 45.3 Å². The molecule has 1 amide bonds. The van der Waals surface area contributed by atoms with Crippen LogP contribution in [0.15, 0.2) is 4.52 Å². The third-order valence-corrected chi connectivity index (χ3v) is 4.53. The maximum absolute atomic E-state index is 11.9. The average Bonchev–Trinajstić information content (AvgIpc) is 2.88. The van der Waals surface area contributed by atoms with Gasteiger partial charge in [-0.1, -0.05) is 25.9 Å². The molecule has 0 saturated heterocycles. The number of aromatic nitrogens is 2. The molecule has 0 aliphatic carbocycles. The number of carbonyl (C=O) groups is 1. The second-order valence-corrected chi connectivity index (χ2v) is 7.51. The van der Waals surface area contributed by atoms with Gasteiger partial charge in [0, 0.05) is 29.5 Å². The number of aliphatic hydroxyl groups is 1. The zero-order chi connectivity index (χ0) is 16.8. The predicted molar refractivity (Wildman–Crippen MR) is 87.9 cm³/mol. The Morgan fingerprint density at radius 2 is 2.14 bits per heavy atom. The zero-order valence-corrected chi connectivity index (χ0v) is 14.9. The van der Waals surface area contributed by atoms with E-state index >= 15 is 0 Å². The number of thioether (sulfide) groups is 1. The van der Waals surface area contributed by atoms with E-state index in [0.717, 1.165) is 0 Å². The molecule has 1 aromatic rings. The number of hydrogen-bond acceptors (Lipinski definition) is 6. The van der Waals surface area contributed by atoms with Crippen LogP contribution in [0.2, 0.25) is 0 Å². The van der Waals surface area contributed by atoms with E-state index in [1.807, 2.05) is 34.0 Å². The van der Waals surface area contributed by atoms with Crippen molar-refractivity contribution in [1.82, 2.24) is 15.5 Å². The molecule has 2 N–H and O–H groups in total. The van der Waals surface area contributed by atoms with Gasteiger partial charge >= 0.3 is 0 Å². The minimum Gasteiger partial charge on any atom is -0.395 e.